The minimum Gasteiger partial charge on any atom is -0.206 e. The molecule has 0 saturated carbocycles. The Morgan fingerprint density at radius 3 is 2.92 bits per heavy atom. The highest BCUT2D eigenvalue weighted by Crippen LogP contribution is 2.36. The van der Waals surface area contributed by atoms with Crippen molar-refractivity contribution in [2.45, 2.75) is 4.90 Å². The van der Waals surface area contributed by atoms with Crippen LogP contribution < -0.4 is 0 Å². The van der Waals surface area contributed by atoms with Gasteiger partial charge in [0.25, 0.3) is 0 Å². The number of hydrogen-bond donors (Lipinski definition) is 0. The number of thiophene rings is 1. The highest BCUT2D eigenvalue weighted by molar-refractivity contribution is 14.1. The molecule has 2 rings (SSSR count). The van der Waals surface area contributed by atoms with Crippen molar-refractivity contribution < 1.29 is 4.39 Å². The summed E-state index contributed by atoms with van der Waals surface area (Å²) in [5, 5.41) is 3.13. The third-order valence-corrected chi connectivity index (χ3v) is 4.83. The number of halogens is 2. The van der Waals surface area contributed by atoms with Gasteiger partial charge in [-0.25, -0.2) is 4.39 Å². The van der Waals surface area contributed by atoms with Gasteiger partial charge >= 0.3 is 0 Å². The summed E-state index contributed by atoms with van der Waals surface area (Å²) in [7, 11) is 0. The molecule has 13 heavy (non-hydrogen) atoms. The van der Waals surface area contributed by atoms with Crippen LogP contribution >= 0.6 is 45.7 Å². The zero-order chi connectivity index (χ0) is 9.42. The molecule has 0 aliphatic carbocycles. The van der Waals surface area contributed by atoms with Gasteiger partial charge in [-0.05, 0) is 41.0 Å². The molecule has 1 heterocycles. The normalized spacial score (nSPS) is 11.0. The van der Waals surface area contributed by atoms with Crippen LogP contribution in [0.2, 0.25) is 0 Å². The third kappa shape index (κ3) is 1.59. The van der Waals surface area contributed by atoms with Gasteiger partial charge in [0.05, 0.1) is 4.90 Å². The number of thioether (sulfide) groups is 1. The van der Waals surface area contributed by atoms with E-state index in [4.69, 9.17) is 0 Å². The fraction of sp³-hybridized carbons (Fsp3) is 0.111. The van der Waals surface area contributed by atoms with Crippen LogP contribution in [0.3, 0.4) is 0 Å². The van der Waals surface area contributed by atoms with Crippen molar-refractivity contribution in [3.8, 4) is 0 Å². The molecule has 68 valence electrons. The average Bonchev–Trinajstić information content (AvgIpc) is 2.49. The van der Waals surface area contributed by atoms with Crippen LogP contribution in [0.15, 0.2) is 22.4 Å². The lowest BCUT2D eigenvalue weighted by Gasteiger charge is -2.01. The van der Waals surface area contributed by atoms with Gasteiger partial charge in [0.2, 0.25) is 0 Å². The Bertz CT molecular complexity index is 450. The molecule has 0 amide bonds. The molecule has 0 bridgehead atoms. The van der Waals surface area contributed by atoms with Crippen molar-refractivity contribution in [2.24, 2.45) is 0 Å². The van der Waals surface area contributed by atoms with Crippen LogP contribution in [-0.2, 0) is 0 Å². The Hall–Kier alpha value is 0.190. The number of rotatable bonds is 1. The fourth-order valence-electron chi connectivity index (χ4n) is 1.24. The fourth-order valence-corrected chi connectivity index (χ4v) is 4.12. The molecular formula is C9H6FIS2. The highest BCUT2D eigenvalue weighted by atomic mass is 127. The molecule has 4 heteroatoms. The van der Waals surface area contributed by atoms with Crippen LogP contribution in [0.25, 0.3) is 10.1 Å². The number of hydrogen-bond acceptors (Lipinski definition) is 2. The van der Waals surface area contributed by atoms with Crippen LogP contribution in [-0.4, -0.2) is 6.26 Å². The van der Waals surface area contributed by atoms with Crippen molar-refractivity contribution >= 4 is 55.8 Å². The van der Waals surface area contributed by atoms with Crippen molar-refractivity contribution in [3.63, 3.8) is 0 Å². The summed E-state index contributed by atoms with van der Waals surface area (Å²) in [6.07, 6.45) is 1.91. The van der Waals surface area contributed by atoms with E-state index in [9.17, 15) is 4.39 Å². The zero-order valence-electron chi connectivity index (χ0n) is 6.80. The molecule has 0 unspecified atom stereocenters. The first kappa shape index (κ1) is 9.73. The van der Waals surface area contributed by atoms with E-state index < -0.39 is 0 Å². The molecule has 0 spiro atoms. The Kier molecular flexibility index (Phi) is 2.80. The van der Waals surface area contributed by atoms with Crippen LogP contribution in [0, 0.1) is 9.39 Å². The van der Waals surface area contributed by atoms with Gasteiger partial charge < -0.3 is 0 Å². The van der Waals surface area contributed by atoms with E-state index in [1.807, 2.05) is 12.3 Å². The number of benzene rings is 1. The maximum Gasteiger partial charge on any atom is 0.137 e. The summed E-state index contributed by atoms with van der Waals surface area (Å²) in [6, 6.07) is 3.39. The van der Waals surface area contributed by atoms with E-state index in [0.717, 1.165) is 18.6 Å². The predicted octanol–water partition coefficient (Wildman–Crippen LogP) is 4.37. The lowest BCUT2D eigenvalue weighted by molar-refractivity contribution is 0.606. The maximum atomic E-state index is 13.4. The molecule has 1 aromatic heterocycles. The van der Waals surface area contributed by atoms with Crippen molar-refractivity contribution in [2.75, 3.05) is 6.26 Å². The standard InChI is InChI=1S/C9H6FIS2/c1-12-9-5(10)2-3-7-8(9)6(11)4-13-7/h2-4H,1H3. The molecule has 0 radical (unpaired) electrons. The summed E-state index contributed by atoms with van der Waals surface area (Å²) in [6.45, 7) is 0. The Morgan fingerprint density at radius 2 is 2.23 bits per heavy atom. The molecule has 0 nitrogen and oxygen atoms in total. The summed E-state index contributed by atoms with van der Waals surface area (Å²) >= 11 is 5.38. The Labute approximate surface area is 97.7 Å². The van der Waals surface area contributed by atoms with E-state index in [1.54, 1.807) is 17.4 Å². The molecule has 0 fully saturated rings. The van der Waals surface area contributed by atoms with E-state index in [-0.39, 0.29) is 5.82 Å². The smallest absolute Gasteiger partial charge is 0.137 e. The molecule has 0 aliphatic rings. The maximum absolute atomic E-state index is 13.4. The summed E-state index contributed by atoms with van der Waals surface area (Å²) < 4.78 is 15.7. The summed E-state index contributed by atoms with van der Waals surface area (Å²) in [4.78, 5) is 0.767. The molecule has 2 aromatic rings. The van der Waals surface area contributed by atoms with E-state index >= 15 is 0 Å². The van der Waals surface area contributed by atoms with Gasteiger partial charge in [-0.3, -0.25) is 0 Å². The SMILES string of the molecule is CSc1c(F)ccc2scc(I)c12. The second-order valence-corrected chi connectivity index (χ2v) is 5.43. The molecular weight excluding hydrogens is 318 g/mol. The molecule has 0 saturated heterocycles. The third-order valence-electron chi connectivity index (χ3n) is 1.80. The lowest BCUT2D eigenvalue weighted by atomic mass is 10.2. The summed E-state index contributed by atoms with van der Waals surface area (Å²) in [5.41, 5.74) is 0. The van der Waals surface area contributed by atoms with E-state index in [1.165, 1.54) is 11.8 Å². The number of fused-ring (bicyclic) bond motifs is 1. The van der Waals surface area contributed by atoms with Gasteiger partial charge in [0.15, 0.2) is 0 Å². The zero-order valence-corrected chi connectivity index (χ0v) is 10.6. The quantitative estimate of drug-likeness (QED) is 0.555. The van der Waals surface area contributed by atoms with Gasteiger partial charge in [0.1, 0.15) is 5.82 Å². The predicted molar refractivity (Wildman–Crippen MR) is 66.3 cm³/mol. The van der Waals surface area contributed by atoms with Crippen LogP contribution in [0.4, 0.5) is 4.39 Å². The summed E-state index contributed by atoms with van der Waals surface area (Å²) in [5.74, 6) is -0.115. The highest BCUT2D eigenvalue weighted by Gasteiger charge is 2.10. The Morgan fingerprint density at radius 1 is 1.46 bits per heavy atom. The molecule has 1 aromatic carbocycles. The largest absolute Gasteiger partial charge is 0.206 e. The second kappa shape index (κ2) is 3.74. The van der Waals surface area contributed by atoms with Gasteiger partial charge in [-0.2, -0.15) is 0 Å². The van der Waals surface area contributed by atoms with E-state index in [0.29, 0.717) is 0 Å². The molecule has 0 atom stereocenters. The van der Waals surface area contributed by atoms with Crippen LogP contribution in [0.1, 0.15) is 0 Å². The second-order valence-electron chi connectivity index (χ2n) is 2.54. The van der Waals surface area contributed by atoms with E-state index in [2.05, 4.69) is 28.0 Å². The Balaban J connectivity index is 2.88. The first-order valence-electron chi connectivity index (χ1n) is 3.63. The van der Waals surface area contributed by atoms with Crippen molar-refractivity contribution in [1.29, 1.82) is 0 Å². The van der Waals surface area contributed by atoms with Crippen molar-refractivity contribution in [1.82, 2.24) is 0 Å². The first-order valence-corrected chi connectivity index (χ1v) is 6.81. The molecule has 0 aliphatic heterocycles. The first-order chi connectivity index (χ1) is 6.24. The van der Waals surface area contributed by atoms with Gasteiger partial charge in [-0.15, -0.1) is 23.1 Å². The lowest BCUT2D eigenvalue weighted by Crippen LogP contribution is -1.81. The topological polar surface area (TPSA) is 0 Å². The molecule has 0 N–H and O–H groups in total. The average molecular weight is 324 g/mol. The minimum absolute atomic E-state index is 0.115. The van der Waals surface area contributed by atoms with Gasteiger partial charge in [-0.1, -0.05) is 0 Å². The monoisotopic (exact) mass is 324 g/mol. The van der Waals surface area contributed by atoms with Crippen LogP contribution in [0.5, 0.6) is 0 Å². The van der Waals surface area contributed by atoms with Gasteiger partial charge in [0, 0.05) is 19.0 Å². The minimum atomic E-state index is -0.115. The van der Waals surface area contributed by atoms with Crippen molar-refractivity contribution in [3.05, 3.63) is 26.9 Å².